The second-order valence-corrected chi connectivity index (χ2v) is 3.16. The van der Waals surface area contributed by atoms with E-state index in [4.69, 9.17) is 9.47 Å². The standard InChI is InChI=1S/C10H18O2/c1-3-5-6-7-9-10(12-9)11-8-4-2/h4,9-10H,2-3,5-8H2,1H3. The molecule has 12 heavy (non-hydrogen) atoms. The second-order valence-electron chi connectivity index (χ2n) is 3.16. The highest BCUT2D eigenvalue weighted by molar-refractivity contribution is 4.78. The van der Waals surface area contributed by atoms with Gasteiger partial charge in [0.25, 0.3) is 0 Å². The molecule has 0 radical (unpaired) electrons. The molecule has 70 valence electrons. The lowest BCUT2D eigenvalue weighted by Crippen LogP contribution is -1.99. The molecule has 1 rings (SSSR count). The summed E-state index contributed by atoms with van der Waals surface area (Å²) in [5.41, 5.74) is 0. The molecule has 1 saturated heterocycles. The normalized spacial score (nSPS) is 27.1. The minimum Gasteiger partial charge on any atom is -0.346 e. The number of rotatable bonds is 7. The predicted molar refractivity (Wildman–Crippen MR) is 49.0 cm³/mol. The van der Waals surface area contributed by atoms with E-state index in [1.807, 2.05) is 0 Å². The molecule has 1 fully saturated rings. The molecule has 1 aliphatic heterocycles. The fourth-order valence-corrected chi connectivity index (χ4v) is 1.24. The molecule has 0 aromatic carbocycles. The van der Waals surface area contributed by atoms with Crippen molar-refractivity contribution in [1.29, 1.82) is 0 Å². The number of hydrogen-bond acceptors (Lipinski definition) is 2. The first-order valence-corrected chi connectivity index (χ1v) is 4.76. The van der Waals surface area contributed by atoms with Gasteiger partial charge in [0.05, 0.1) is 6.61 Å². The van der Waals surface area contributed by atoms with Crippen molar-refractivity contribution >= 4 is 0 Å². The molecule has 0 amide bonds. The van der Waals surface area contributed by atoms with Gasteiger partial charge in [-0.25, -0.2) is 0 Å². The zero-order chi connectivity index (χ0) is 8.81. The fraction of sp³-hybridized carbons (Fsp3) is 0.800. The highest BCUT2D eigenvalue weighted by Crippen LogP contribution is 2.28. The number of hydrogen-bond donors (Lipinski definition) is 0. The highest BCUT2D eigenvalue weighted by atomic mass is 16.8. The van der Waals surface area contributed by atoms with Crippen LogP contribution in [0.2, 0.25) is 0 Å². The van der Waals surface area contributed by atoms with Crippen LogP contribution in [-0.4, -0.2) is 19.0 Å². The van der Waals surface area contributed by atoms with E-state index < -0.39 is 0 Å². The summed E-state index contributed by atoms with van der Waals surface area (Å²) in [5, 5.41) is 0. The second kappa shape index (κ2) is 5.33. The van der Waals surface area contributed by atoms with E-state index in [0.29, 0.717) is 12.7 Å². The van der Waals surface area contributed by atoms with Gasteiger partial charge in [0.2, 0.25) is 0 Å². The zero-order valence-electron chi connectivity index (χ0n) is 7.79. The third kappa shape index (κ3) is 3.37. The summed E-state index contributed by atoms with van der Waals surface area (Å²) in [4.78, 5) is 0. The Morgan fingerprint density at radius 3 is 3.00 bits per heavy atom. The van der Waals surface area contributed by atoms with Crippen molar-refractivity contribution in [3.8, 4) is 0 Å². The van der Waals surface area contributed by atoms with Gasteiger partial charge in [-0.15, -0.1) is 6.58 Å². The van der Waals surface area contributed by atoms with Crippen molar-refractivity contribution in [2.75, 3.05) is 6.61 Å². The number of epoxide rings is 1. The third-order valence-corrected chi connectivity index (χ3v) is 2.01. The monoisotopic (exact) mass is 170 g/mol. The van der Waals surface area contributed by atoms with E-state index in [1.54, 1.807) is 6.08 Å². The van der Waals surface area contributed by atoms with Crippen LogP contribution in [0.1, 0.15) is 32.6 Å². The van der Waals surface area contributed by atoms with Gasteiger partial charge in [-0.3, -0.25) is 0 Å². The van der Waals surface area contributed by atoms with E-state index in [0.717, 1.165) is 6.42 Å². The summed E-state index contributed by atoms with van der Waals surface area (Å²) >= 11 is 0. The Morgan fingerprint density at radius 2 is 2.33 bits per heavy atom. The summed E-state index contributed by atoms with van der Waals surface area (Å²) in [6.45, 7) is 6.39. The van der Waals surface area contributed by atoms with Gasteiger partial charge in [0.15, 0.2) is 6.29 Å². The summed E-state index contributed by atoms with van der Waals surface area (Å²) in [6.07, 6.45) is 7.17. The Hall–Kier alpha value is -0.340. The maximum absolute atomic E-state index is 5.31. The van der Waals surface area contributed by atoms with E-state index in [1.165, 1.54) is 19.3 Å². The van der Waals surface area contributed by atoms with Crippen LogP contribution in [0.15, 0.2) is 12.7 Å². The number of ether oxygens (including phenoxy) is 2. The summed E-state index contributed by atoms with van der Waals surface area (Å²) in [5.74, 6) is 0. The van der Waals surface area contributed by atoms with Gasteiger partial charge in [-0.05, 0) is 6.42 Å². The van der Waals surface area contributed by atoms with Gasteiger partial charge >= 0.3 is 0 Å². The van der Waals surface area contributed by atoms with Crippen molar-refractivity contribution < 1.29 is 9.47 Å². The number of unbranched alkanes of at least 4 members (excludes halogenated alkanes) is 2. The molecule has 1 aliphatic rings. The molecule has 0 aliphatic carbocycles. The minimum atomic E-state index is 0.0693. The third-order valence-electron chi connectivity index (χ3n) is 2.01. The van der Waals surface area contributed by atoms with Gasteiger partial charge in [-0.2, -0.15) is 0 Å². The molecule has 2 unspecified atom stereocenters. The van der Waals surface area contributed by atoms with Crippen LogP contribution in [0.3, 0.4) is 0 Å². The maximum atomic E-state index is 5.31. The molecule has 1 heterocycles. The lowest BCUT2D eigenvalue weighted by atomic mass is 10.2. The molecular weight excluding hydrogens is 152 g/mol. The average Bonchev–Trinajstić information content (AvgIpc) is 2.81. The highest BCUT2D eigenvalue weighted by Gasteiger charge is 2.38. The summed E-state index contributed by atoms with van der Waals surface area (Å²) < 4.78 is 10.6. The molecule has 2 nitrogen and oxygen atoms in total. The van der Waals surface area contributed by atoms with E-state index in [2.05, 4.69) is 13.5 Å². The molecule has 0 aromatic rings. The zero-order valence-corrected chi connectivity index (χ0v) is 7.79. The van der Waals surface area contributed by atoms with Gasteiger partial charge < -0.3 is 9.47 Å². The minimum absolute atomic E-state index is 0.0693. The molecule has 0 saturated carbocycles. The van der Waals surface area contributed by atoms with Crippen molar-refractivity contribution in [2.45, 2.75) is 45.0 Å². The lowest BCUT2D eigenvalue weighted by molar-refractivity contribution is 0.0697. The SMILES string of the molecule is C=CCOC1OC1CCCCC. The Labute approximate surface area is 74.6 Å². The van der Waals surface area contributed by atoms with Crippen LogP contribution in [0.5, 0.6) is 0 Å². The van der Waals surface area contributed by atoms with Gasteiger partial charge in [0.1, 0.15) is 6.10 Å². The Bertz CT molecular complexity index is 134. The molecule has 0 spiro atoms. The first kappa shape index (κ1) is 9.75. The van der Waals surface area contributed by atoms with E-state index in [9.17, 15) is 0 Å². The van der Waals surface area contributed by atoms with Gasteiger partial charge in [-0.1, -0.05) is 32.3 Å². The average molecular weight is 170 g/mol. The van der Waals surface area contributed by atoms with E-state index >= 15 is 0 Å². The maximum Gasteiger partial charge on any atom is 0.184 e. The molecule has 2 heteroatoms. The van der Waals surface area contributed by atoms with Crippen LogP contribution in [-0.2, 0) is 9.47 Å². The van der Waals surface area contributed by atoms with Crippen LogP contribution < -0.4 is 0 Å². The fourth-order valence-electron chi connectivity index (χ4n) is 1.24. The van der Waals surface area contributed by atoms with Crippen molar-refractivity contribution in [1.82, 2.24) is 0 Å². The van der Waals surface area contributed by atoms with E-state index in [-0.39, 0.29) is 6.29 Å². The molecular formula is C10H18O2. The molecule has 0 N–H and O–H groups in total. The summed E-state index contributed by atoms with van der Waals surface area (Å²) in [6, 6.07) is 0. The molecule has 0 aromatic heterocycles. The Kier molecular flexibility index (Phi) is 4.33. The van der Waals surface area contributed by atoms with Crippen LogP contribution in [0.25, 0.3) is 0 Å². The van der Waals surface area contributed by atoms with Crippen LogP contribution in [0.4, 0.5) is 0 Å². The Morgan fingerprint density at radius 1 is 1.50 bits per heavy atom. The first-order valence-electron chi connectivity index (χ1n) is 4.76. The van der Waals surface area contributed by atoms with Crippen molar-refractivity contribution in [3.63, 3.8) is 0 Å². The first-order chi connectivity index (χ1) is 5.88. The quantitative estimate of drug-likeness (QED) is 0.332. The molecule has 2 atom stereocenters. The van der Waals surface area contributed by atoms with Crippen LogP contribution in [0, 0.1) is 0 Å². The lowest BCUT2D eigenvalue weighted by Gasteiger charge is -1.94. The largest absolute Gasteiger partial charge is 0.346 e. The Balaban J connectivity index is 1.89. The predicted octanol–water partition coefficient (Wildman–Crippen LogP) is 2.49. The van der Waals surface area contributed by atoms with Crippen LogP contribution >= 0.6 is 0 Å². The smallest absolute Gasteiger partial charge is 0.184 e. The molecule has 0 bridgehead atoms. The summed E-state index contributed by atoms with van der Waals surface area (Å²) in [7, 11) is 0. The van der Waals surface area contributed by atoms with Crippen molar-refractivity contribution in [3.05, 3.63) is 12.7 Å². The van der Waals surface area contributed by atoms with Gasteiger partial charge in [0, 0.05) is 0 Å². The topological polar surface area (TPSA) is 21.8 Å². The van der Waals surface area contributed by atoms with Crippen molar-refractivity contribution in [2.24, 2.45) is 0 Å².